The van der Waals surface area contributed by atoms with Gasteiger partial charge in [-0.25, -0.2) is 0 Å². The van der Waals surface area contributed by atoms with Gasteiger partial charge in [0.2, 0.25) is 0 Å². The molecule has 3 heteroatoms. The van der Waals surface area contributed by atoms with Gasteiger partial charge in [-0.1, -0.05) is 49.6 Å². The first kappa shape index (κ1) is 15.6. The van der Waals surface area contributed by atoms with Crippen LogP contribution in [0.2, 0.25) is 0 Å². The van der Waals surface area contributed by atoms with Crippen LogP contribution in [-0.2, 0) is 4.79 Å². The Labute approximate surface area is 131 Å². The third kappa shape index (κ3) is 4.09. The molecule has 0 spiro atoms. The van der Waals surface area contributed by atoms with Crippen LogP contribution in [0.5, 0.6) is 0 Å². The molecule has 2 rings (SSSR count). The van der Waals surface area contributed by atoms with E-state index in [2.05, 4.69) is 30.7 Å². The minimum absolute atomic E-state index is 0.176. The largest absolute Gasteiger partial charge is 0.379 e. The Balaban J connectivity index is 2.00. The van der Waals surface area contributed by atoms with E-state index in [9.17, 15) is 4.79 Å². The quantitative estimate of drug-likeness (QED) is 0.606. The molecule has 2 aromatic rings. The summed E-state index contributed by atoms with van der Waals surface area (Å²) < 4.78 is 0. The van der Waals surface area contributed by atoms with Gasteiger partial charge < -0.3 is 10.6 Å². The number of amides is 1. The summed E-state index contributed by atoms with van der Waals surface area (Å²) >= 11 is 0. The first-order valence-electron chi connectivity index (χ1n) is 7.14. The summed E-state index contributed by atoms with van der Waals surface area (Å²) in [7, 11) is 0. The van der Waals surface area contributed by atoms with Gasteiger partial charge in [0.1, 0.15) is 0 Å². The average Bonchev–Trinajstić information content (AvgIpc) is 2.55. The van der Waals surface area contributed by atoms with Crippen LogP contribution < -0.4 is 10.6 Å². The van der Waals surface area contributed by atoms with Crippen LogP contribution in [-0.4, -0.2) is 5.91 Å². The third-order valence-corrected chi connectivity index (χ3v) is 3.36. The van der Waals surface area contributed by atoms with Crippen molar-refractivity contribution in [2.24, 2.45) is 0 Å². The second-order valence-electron chi connectivity index (χ2n) is 5.04. The highest BCUT2D eigenvalue weighted by atomic mass is 16.1. The maximum absolute atomic E-state index is 11.7. The lowest BCUT2D eigenvalue weighted by atomic mass is 10.1. The molecule has 0 aliphatic rings. The summed E-state index contributed by atoms with van der Waals surface area (Å²) in [6.45, 7) is 9.25. The van der Waals surface area contributed by atoms with Crippen LogP contribution in [0.1, 0.15) is 18.5 Å². The van der Waals surface area contributed by atoms with E-state index in [1.54, 1.807) is 0 Å². The van der Waals surface area contributed by atoms with Gasteiger partial charge >= 0.3 is 0 Å². The van der Waals surface area contributed by atoms with Gasteiger partial charge in [-0.05, 0) is 36.8 Å². The summed E-state index contributed by atoms with van der Waals surface area (Å²) in [5.74, 6) is -0.238. The van der Waals surface area contributed by atoms with Crippen LogP contribution >= 0.6 is 0 Å². The number of hydrogen-bond acceptors (Lipinski definition) is 2. The predicted molar refractivity (Wildman–Crippen MR) is 92.9 cm³/mol. The van der Waals surface area contributed by atoms with E-state index >= 15 is 0 Å². The lowest BCUT2D eigenvalue weighted by Crippen LogP contribution is -2.12. The number of para-hydroxylation sites is 1. The van der Waals surface area contributed by atoms with Gasteiger partial charge in [0.15, 0.2) is 0 Å². The Morgan fingerprint density at radius 2 is 1.68 bits per heavy atom. The summed E-state index contributed by atoms with van der Waals surface area (Å²) in [6.07, 6.45) is 1.44. The van der Waals surface area contributed by atoms with E-state index in [1.165, 1.54) is 6.08 Å². The topological polar surface area (TPSA) is 41.1 Å². The highest BCUT2D eigenvalue weighted by molar-refractivity contribution is 6.05. The molecular formula is C19H20N2O. The number of carbonyl (C=O) groups excluding carboxylic acids is 1. The first-order chi connectivity index (χ1) is 10.6. The van der Waals surface area contributed by atoms with Crippen molar-refractivity contribution in [1.29, 1.82) is 0 Å². The molecule has 0 fully saturated rings. The first-order valence-corrected chi connectivity index (χ1v) is 7.14. The molecule has 0 aromatic heterocycles. The molecule has 0 aliphatic carbocycles. The highest BCUT2D eigenvalue weighted by Gasteiger charge is 2.07. The molecule has 0 radical (unpaired) electrons. The van der Waals surface area contributed by atoms with Crippen molar-refractivity contribution in [3.63, 3.8) is 0 Å². The van der Waals surface area contributed by atoms with E-state index in [-0.39, 0.29) is 11.9 Å². The predicted octanol–water partition coefficient (Wildman–Crippen LogP) is 4.54. The number of rotatable bonds is 6. The molecule has 0 bridgehead atoms. The lowest BCUT2D eigenvalue weighted by molar-refractivity contribution is -0.112. The average molecular weight is 292 g/mol. The van der Waals surface area contributed by atoms with Crippen molar-refractivity contribution in [3.8, 4) is 0 Å². The third-order valence-electron chi connectivity index (χ3n) is 3.36. The monoisotopic (exact) mass is 292 g/mol. The number of carbonyl (C=O) groups is 1. The second kappa shape index (κ2) is 7.27. The number of nitrogens with one attached hydrogen (secondary N) is 2. The Bertz CT molecular complexity index is 660. The van der Waals surface area contributed by atoms with Gasteiger partial charge in [0, 0.05) is 23.0 Å². The zero-order chi connectivity index (χ0) is 15.9. The van der Waals surface area contributed by atoms with Gasteiger partial charge in [-0.2, -0.15) is 0 Å². The minimum Gasteiger partial charge on any atom is -0.379 e. The van der Waals surface area contributed by atoms with Gasteiger partial charge in [0.25, 0.3) is 5.91 Å². The fourth-order valence-electron chi connectivity index (χ4n) is 2.03. The van der Waals surface area contributed by atoms with E-state index in [1.807, 2.05) is 54.6 Å². The maximum atomic E-state index is 11.7. The molecule has 1 unspecified atom stereocenters. The molecule has 2 aromatic carbocycles. The van der Waals surface area contributed by atoms with Crippen LogP contribution in [0.3, 0.4) is 0 Å². The maximum Gasteiger partial charge on any atom is 0.255 e. The van der Waals surface area contributed by atoms with Crippen molar-refractivity contribution in [3.05, 3.63) is 85.0 Å². The van der Waals surface area contributed by atoms with Crippen molar-refractivity contribution < 1.29 is 4.79 Å². The molecule has 0 aliphatic heterocycles. The molecule has 2 N–H and O–H groups in total. The zero-order valence-electron chi connectivity index (χ0n) is 12.7. The second-order valence-corrected chi connectivity index (χ2v) is 5.04. The fraction of sp³-hybridized carbons (Fsp3) is 0.105. The fourth-order valence-corrected chi connectivity index (χ4v) is 2.03. The van der Waals surface area contributed by atoms with Crippen LogP contribution in [0.15, 0.2) is 79.4 Å². The Hall–Kier alpha value is -2.81. The molecule has 22 heavy (non-hydrogen) atoms. The van der Waals surface area contributed by atoms with Gasteiger partial charge in [-0.3, -0.25) is 4.79 Å². The van der Waals surface area contributed by atoms with Crippen molar-refractivity contribution in [1.82, 2.24) is 0 Å². The normalized spacial score (nSPS) is 11.3. The van der Waals surface area contributed by atoms with Crippen molar-refractivity contribution >= 4 is 17.3 Å². The Morgan fingerprint density at radius 1 is 1.05 bits per heavy atom. The van der Waals surface area contributed by atoms with Crippen molar-refractivity contribution in [2.45, 2.75) is 13.0 Å². The summed E-state index contributed by atoms with van der Waals surface area (Å²) in [4.78, 5) is 11.7. The minimum atomic E-state index is -0.238. The summed E-state index contributed by atoms with van der Waals surface area (Å²) in [6, 6.07) is 18.0. The van der Waals surface area contributed by atoms with Crippen LogP contribution in [0.4, 0.5) is 11.4 Å². The Morgan fingerprint density at radius 3 is 2.27 bits per heavy atom. The number of anilines is 2. The number of benzene rings is 2. The molecule has 0 saturated heterocycles. The molecule has 0 saturated carbocycles. The van der Waals surface area contributed by atoms with Gasteiger partial charge in [-0.15, -0.1) is 0 Å². The number of hydrogen-bond donors (Lipinski definition) is 2. The van der Waals surface area contributed by atoms with Crippen LogP contribution in [0.25, 0.3) is 0 Å². The van der Waals surface area contributed by atoms with E-state index in [4.69, 9.17) is 0 Å². The smallest absolute Gasteiger partial charge is 0.255 e. The molecule has 112 valence electrons. The standard InChI is InChI=1S/C19H20N2O/c1-4-14(2)19(22)21-18-12-10-16(11-13-18)15(3)20-17-8-6-5-7-9-17/h4-13,15,20H,1-2H2,3H3,(H,21,22). The molecule has 1 atom stereocenters. The zero-order valence-corrected chi connectivity index (χ0v) is 12.7. The van der Waals surface area contributed by atoms with E-state index in [0.717, 1.165) is 16.9 Å². The SMILES string of the molecule is C=CC(=C)C(=O)Nc1ccc(C(C)Nc2ccccc2)cc1. The lowest BCUT2D eigenvalue weighted by Gasteiger charge is -2.16. The summed E-state index contributed by atoms with van der Waals surface area (Å²) in [5, 5.41) is 6.21. The molecular weight excluding hydrogens is 272 g/mol. The molecule has 1 amide bonds. The van der Waals surface area contributed by atoms with Crippen molar-refractivity contribution in [2.75, 3.05) is 10.6 Å². The molecule has 0 heterocycles. The van der Waals surface area contributed by atoms with E-state index < -0.39 is 0 Å². The highest BCUT2D eigenvalue weighted by Crippen LogP contribution is 2.20. The van der Waals surface area contributed by atoms with Crippen LogP contribution in [0, 0.1) is 0 Å². The molecule has 3 nitrogen and oxygen atoms in total. The Kier molecular flexibility index (Phi) is 5.15. The summed E-state index contributed by atoms with van der Waals surface area (Å²) in [5.41, 5.74) is 3.31. The van der Waals surface area contributed by atoms with Gasteiger partial charge in [0.05, 0.1) is 0 Å². The van der Waals surface area contributed by atoms with E-state index in [0.29, 0.717) is 5.57 Å².